The maximum absolute atomic E-state index is 11.2. The van der Waals surface area contributed by atoms with E-state index in [4.69, 9.17) is 0 Å². The number of amides is 1. The molecule has 0 atom stereocenters. The molecule has 1 aromatic heterocycles. The third kappa shape index (κ3) is 4.02. The van der Waals surface area contributed by atoms with Crippen LogP contribution in [0.2, 0.25) is 0 Å². The number of benzene rings is 1. The molecule has 1 fully saturated rings. The summed E-state index contributed by atoms with van der Waals surface area (Å²) in [6, 6.07) is 11.1. The van der Waals surface area contributed by atoms with E-state index in [1.165, 1.54) is 6.92 Å². The Bertz CT molecular complexity index is 697. The van der Waals surface area contributed by atoms with Gasteiger partial charge >= 0.3 is 0 Å². The number of aromatic hydroxyl groups is 1. The van der Waals surface area contributed by atoms with Crippen LogP contribution >= 0.6 is 0 Å². The number of carbonyl (C=O) groups excluding carboxylic acids is 1. The van der Waals surface area contributed by atoms with Gasteiger partial charge in [0.1, 0.15) is 11.6 Å². The summed E-state index contributed by atoms with van der Waals surface area (Å²) in [4.78, 5) is 20.1. The number of piperazine rings is 1. The summed E-state index contributed by atoms with van der Waals surface area (Å²) in [7, 11) is 0. The summed E-state index contributed by atoms with van der Waals surface area (Å²) in [5.74, 6) is 1.15. The zero-order chi connectivity index (χ0) is 16.9. The number of carbonyl (C=O) groups is 1. The molecule has 3 rings (SSSR count). The Morgan fingerprint density at radius 3 is 2.67 bits per heavy atom. The van der Waals surface area contributed by atoms with E-state index in [1.807, 2.05) is 30.5 Å². The Morgan fingerprint density at radius 2 is 2.00 bits per heavy atom. The highest BCUT2D eigenvalue weighted by Crippen LogP contribution is 2.24. The summed E-state index contributed by atoms with van der Waals surface area (Å²) in [6.45, 7) is 5.76. The second kappa shape index (κ2) is 7.31. The van der Waals surface area contributed by atoms with Crippen molar-refractivity contribution in [2.75, 3.05) is 36.4 Å². The van der Waals surface area contributed by atoms with E-state index in [2.05, 4.69) is 20.1 Å². The van der Waals surface area contributed by atoms with Crippen LogP contribution in [0.5, 0.6) is 5.75 Å². The lowest BCUT2D eigenvalue weighted by molar-refractivity contribution is -0.114. The Balaban J connectivity index is 1.61. The summed E-state index contributed by atoms with van der Waals surface area (Å²) < 4.78 is 0. The number of hydrogen-bond acceptors (Lipinski definition) is 5. The first-order chi connectivity index (χ1) is 11.6. The number of rotatable bonds is 4. The van der Waals surface area contributed by atoms with Gasteiger partial charge in [0.05, 0.1) is 0 Å². The Kier molecular flexibility index (Phi) is 4.96. The van der Waals surface area contributed by atoms with Gasteiger partial charge in [-0.1, -0.05) is 6.07 Å². The monoisotopic (exact) mass is 326 g/mol. The Labute approximate surface area is 141 Å². The lowest BCUT2D eigenvalue weighted by atomic mass is 10.1. The zero-order valence-corrected chi connectivity index (χ0v) is 13.8. The van der Waals surface area contributed by atoms with Gasteiger partial charge < -0.3 is 15.3 Å². The molecule has 2 heterocycles. The fourth-order valence-electron chi connectivity index (χ4n) is 2.91. The molecule has 0 radical (unpaired) electrons. The molecule has 24 heavy (non-hydrogen) atoms. The van der Waals surface area contributed by atoms with Crippen LogP contribution in [0.3, 0.4) is 0 Å². The molecule has 0 saturated carbocycles. The number of nitrogens with one attached hydrogen (secondary N) is 1. The van der Waals surface area contributed by atoms with Crippen molar-refractivity contribution in [2.24, 2.45) is 0 Å². The number of nitrogens with zero attached hydrogens (tertiary/aromatic N) is 3. The Hall–Kier alpha value is -2.60. The van der Waals surface area contributed by atoms with E-state index in [1.54, 1.807) is 12.1 Å². The van der Waals surface area contributed by atoms with E-state index < -0.39 is 0 Å². The smallest absolute Gasteiger partial charge is 0.221 e. The topological polar surface area (TPSA) is 68.7 Å². The van der Waals surface area contributed by atoms with Crippen LogP contribution in [0.1, 0.15) is 12.5 Å². The van der Waals surface area contributed by atoms with Crippen LogP contribution in [0.15, 0.2) is 42.6 Å². The highest BCUT2D eigenvalue weighted by molar-refractivity contribution is 5.88. The zero-order valence-electron chi connectivity index (χ0n) is 13.8. The van der Waals surface area contributed by atoms with Gasteiger partial charge in [-0.05, 0) is 30.3 Å². The molecular weight excluding hydrogens is 304 g/mol. The number of phenols is 1. The van der Waals surface area contributed by atoms with Gasteiger partial charge in [0.15, 0.2) is 0 Å². The summed E-state index contributed by atoms with van der Waals surface area (Å²) in [6.07, 6.45) is 1.81. The van der Waals surface area contributed by atoms with Crippen molar-refractivity contribution < 1.29 is 9.90 Å². The summed E-state index contributed by atoms with van der Waals surface area (Å²) in [5, 5.41) is 12.8. The molecule has 2 N–H and O–H groups in total. The fourth-order valence-corrected chi connectivity index (χ4v) is 2.91. The molecule has 1 aromatic carbocycles. The first kappa shape index (κ1) is 16.3. The minimum atomic E-state index is -0.115. The van der Waals surface area contributed by atoms with Gasteiger partial charge in [-0.2, -0.15) is 0 Å². The van der Waals surface area contributed by atoms with Gasteiger partial charge in [-0.15, -0.1) is 0 Å². The second-order valence-corrected chi connectivity index (χ2v) is 5.98. The first-order valence-electron chi connectivity index (χ1n) is 8.09. The molecule has 1 amide bonds. The normalized spacial score (nSPS) is 15.3. The average Bonchev–Trinajstić information content (AvgIpc) is 2.59. The molecule has 2 aromatic rings. The number of hydrogen-bond donors (Lipinski definition) is 2. The number of phenolic OH excluding ortho intramolecular Hbond substituents is 1. The number of anilines is 2. The quantitative estimate of drug-likeness (QED) is 0.842. The molecule has 126 valence electrons. The predicted octanol–water partition coefficient (Wildman–Crippen LogP) is 2.07. The third-order valence-electron chi connectivity index (χ3n) is 4.14. The van der Waals surface area contributed by atoms with E-state index in [9.17, 15) is 9.90 Å². The fraction of sp³-hybridized carbons (Fsp3) is 0.333. The number of pyridine rings is 1. The molecule has 0 unspecified atom stereocenters. The highest BCUT2D eigenvalue weighted by Gasteiger charge is 2.19. The van der Waals surface area contributed by atoms with Gasteiger partial charge in [0.25, 0.3) is 0 Å². The van der Waals surface area contributed by atoms with Crippen molar-refractivity contribution in [3.63, 3.8) is 0 Å². The van der Waals surface area contributed by atoms with Crippen molar-refractivity contribution in [2.45, 2.75) is 13.5 Å². The molecule has 6 nitrogen and oxygen atoms in total. The molecule has 0 aliphatic carbocycles. The van der Waals surface area contributed by atoms with Crippen molar-refractivity contribution in [1.29, 1.82) is 0 Å². The summed E-state index contributed by atoms with van der Waals surface area (Å²) >= 11 is 0. The molecule has 1 aliphatic rings. The molecular formula is C18H22N4O2. The molecule has 1 saturated heterocycles. The van der Waals surface area contributed by atoms with E-state index in [0.29, 0.717) is 12.2 Å². The second-order valence-electron chi connectivity index (χ2n) is 5.98. The first-order valence-corrected chi connectivity index (χ1v) is 8.09. The lowest BCUT2D eigenvalue weighted by Crippen LogP contribution is -2.46. The minimum absolute atomic E-state index is 0.115. The number of aromatic nitrogens is 1. The maximum atomic E-state index is 11.2. The van der Waals surface area contributed by atoms with Gasteiger partial charge in [0, 0.05) is 57.1 Å². The van der Waals surface area contributed by atoms with Crippen LogP contribution in [0.25, 0.3) is 0 Å². The average molecular weight is 326 g/mol. The van der Waals surface area contributed by atoms with Gasteiger partial charge in [-0.3, -0.25) is 9.69 Å². The van der Waals surface area contributed by atoms with E-state index in [0.717, 1.165) is 37.6 Å². The van der Waals surface area contributed by atoms with Crippen LogP contribution in [-0.4, -0.2) is 47.1 Å². The standard InChI is InChI=1S/C18H22N4O2/c1-14(23)20-16-5-6-17(24)15(12-16)13-21-8-10-22(11-9-21)18-4-2-3-7-19-18/h2-7,12,24H,8-11,13H2,1H3,(H,20,23). The molecule has 0 bridgehead atoms. The van der Waals surface area contributed by atoms with Crippen molar-refractivity contribution in [1.82, 2.24) is 9.88 Å². The van der Waals surface area contributed by atoms with Crippen molar-refractivity contribution in [3.8, 4) is 5.75 Å². The van der Waals surface area contributed by atoms with E-state index in [-0.39, 0.29) is 11.7 Å². The van der Waals surface area contributed by atoms with Crippen LogP contribution in [0.4, 0.5) is 11.5 Å². The summed E-state index contributed by atoms with van der Waals surface area (Å²) in [5.41, 5.74) is 1.54. The predicted molar refractivity (Wildman–Crippen MR) is 94.1 cm³/mol. The van der Waals surface area contributed by atoms with Crippen LogP contribution < -0.4 is 10.2 Å². The molecule has 1 aliphatic heterocycles. The maximum Gasteiger partial charge on any atom is 0.221 e. The lowest BCUT2D eigenvalue weighted by Gasteiger charge is -2.35. The minimum Gasteiger partial charge on any atom is -0.508 e. The van der Waals surface area contributed by atoms with Gasteiger partial charge in [0.2, 0.25) is 5.91 Å². The molecule has 6 heteroatoms. The third-order valence-corrected chi connectivity index (χ3v) is 4.14. The van der Waals surface area contributed by atoms with Crippen LogP contribution in [0, 0.1) is 0 Å². The van der Waals surface area contributed by atoms with Crippen molar-refractivity contribution in [3.05, 3.63) is 48.2 Å². The SMILES string of the molecule is CC(=O)Nc1ccc(O)c(CN2CCN(c3ccccn3)CC2)c1. The molecule has 0 spiro atoms. The van der Waals surface area contributed by atoms with E-state index >= 15 is 0 Å². The largest absolute Gasteiger partial charge is 0.508 e. The van der Waals surface area contributed by atoms with Gasteiger partial charge in [-0.25, -0.2) is 4.98 Å². The Morgan fingerprint density at radius 1 is 1.21 bits per heavy atom. The van der Waals surface area contributed by atoms with Crippen LogP contribution in [-0.2, 0) is 11.3 Å². The highest BCUT2D eigenvalue weighted by atomic mass is 16.3. The van der Waals surface area contributed by atoms with Crippen molar-refractivity contribution >= 4 is 17.4 Å².